The van der Waals surface area contributed by atoms with Gasteiger partial charge in [-0.3, -0.25) is 4.79 Å². The van der Waals surface area contributed by atoms with Gasteiger partial charge in [0.1, 0.15) is 0 Å². The summed E-state index contributed by atoms with van der Waals surface area (Å²) >= 11 is 5.80. The van der Waals surface area contributed by atoms with Crippen molar-refractivity contribution in [3.8, 4) is 0 Å². The van der Waals surface area contributed by atoms with Gasteiger partial charge in [-0.2, -0.15) is 0 Å². The molecule has 0 spiro atoms. The minimum Gasteiger partial charge on any atom is -0.350 e. The molecule has 0 aliphatic heterocycles. The molecule has 0 aromatic rings. The van der Waals surface area contributed by atoms with Crippen LogP contribution in [0.4, 0.5) is 0 Å². The van der Waals surface area contributed by atoms with Crippen LogP contribution in [0, 0.1) is 17.8 Å². The Morgan fingerprint density at radius 2 is 1.87 bits per heavy atom. The number of carbonyl (C=O) groups is 1. The van der Waals surface area contributed by atoms with Crippen LogP contribution >= 0.6 is 11.6 Å². The standard InChI is InChI=1S/C12H20ClNO/c1-12(2,7-13)14-11(15)10-8-5-3-4-6-9(8)10/h8-10H,3-7H2,1-2H3,(H,14,15). The van der Waals surface area contributed by atoms with E-state index >= 15 is 0 Å². The number of halogens is 1. The Hall–Kier alpha value is -0.240. The minimum absolute atomic E-state index is 0.234. The first-order valence-corrected chi connectivity index (χ1v) is 6.46. The first-order valence-electron chi connectivity index (χ1n) is 5.93. The molecule has 0 heterocycles. The number of hydrogen-bond donors (Lipinski definition) is 1. The molecule has 2 nitrogen and oxygen atoms in total. The predicted octanol–water partition coefficient (Wildman–Crippen LogP) is 2.56. The van der Waals surface area contributed by atoms with E-state index in [0.717, 1.165) is 0 Å². The summed E-state index contributed by atoms with van der Waals surface area (Å²) in [5.41, 5.74) is -0.260. The van der Waals surface area contributed by atoms with Crippen molar-refractivity contribution >= 4 is 17.5 Å². The highest BCUT2D eigenvalue weighted by molar-refractivity contribution is 6.18. The fraction of sp³-hybridized carbons (Fsp3) is 0.917. The van der Waals surface area contributed by atoms with Crippen molar-refractivity contribution in [3.05, 3.63) is 0 Å². The zero-order valence-corrected chi connectivity index (χ0v) is 10.3. The highest BCUT2D eigenvalue weighted by atomic mass is 35.5. The number of fused-ring (bicyclic) bond motifs is 1. The number of carbonyl (C=O) groups excluding carboxylic acids is 1. The Labute approximate surface area is 96.8 Å². The average Bonchev–Trinajstić information content (AvgIpc) is 2.91. The molecule has 15 heavy (non-hydrogen) atoms. The Kier molecular flexibility index (Phi) is 2.98. The Morgan fingerprint density at radius 1 is 1.33 bits per heavy atom. The summed E-state index contributed by atoms with van der Waals surface area (Å²) in [6.07, 6.45) is 5.13. The van der Waals surface area contributed by atoms with Crippen LogP contribution in [0.1, 0.15) is 39.5 Å². The lowest BCUT2D eigenvalue weighted by Gasteiger charge is -2.23. The number of nitrogens with one attached hydrogen (secondary N) is 1. The van der Waals surface area contributed by atoms with E-state index < -0.39 is 0 Å². The maximum absolute atomic E-state index is 12.0. The van der Waals surface area contributed by atoms with E-state index in [2.05, 4.69) is 5.32 Å². The van der Waals surface area contributed by atoms with Gasteiger partial charge in [-0.15, -0.1) is 11.6 Å². The van der Waals surface area contributed by atoms with E-state index in [9.17, 15) is 4.79 Å². The van der Waals surface area contributed by atoms with Gasteiger partial charge in [-0.25, -0.2) is 0 Å². The van der Waals surface area contributed by atoms with E-state index in [4.69, 9.17) is 11.6 Å². The summed E-state index contributed by atoms with van der Waals surface area (Å²) < 4.78 is 0. The largest absolute Gasteiger partial charge is 0.350 e. The van der Waals surface area contributed by atoms with E-state index in [0.29, 0.717) is 23.6 Å². The van der Waals surface area contributed by atoms with Gasteiger partial charge in [0.05, 0.1) is 0 Å². The molecule has 0 aromatic heterocycles. The van der Waals surface area contributed by atoms with Gasteiger partial charge in [0.15, 0.2) is 0 Å². The van der Waals surface area contributed by atoms with E-state index in [1.165, 1.54) is 25.7 Å². The van der Waals surface area contributed by atoms with E-state index in [1.807, 2.05) is 13.8 Å². The zero-order chi connectivity index (χ0) is 11.1. The van der Waals surface area contributed by atoms with Gasteiger partial charge in [-0.05, 0) is 38.5 Å². The molecule has 0 radical (unpaired) electrons. The molecule has 0 bridgehead atoms. The summed E-state index contributed by atoms with van der Waals surface area (Å²) in [4.78, 5) is 12.0. The maximum Gasteiger partial charge on any atom is 0.224 e. The molecule has 2 unspecified atom stereocenters. The lowest BCUT2D eigenvalue weighted by molar-refractivity contribution is -0.124. The Balaban J connectivity index is 1.88. The number of amides is 1. The highest BCUT2D eigenvalue weighted by Gasteiger charge is 2.55. The zero-order valence-electron chi connectivity index (χ0n) is 9.55. The van der Waals surface area contributed by atoms with Crippen molar-refractivity contribution < 1.29 is 4.79 Å². The van der Waals surface area contributed by atoms with Crippen LogP contribution in [0.5, 0.6) is 0 Å². The first kappa shape index (κ1) is 11.3. The first-order chi connectivity index (χ1) is 7.05. The molecule has 0 saturated heterocycles. The highest BCUT2D eigenvalue weighted by Crippen LogP contribution is 2.55. The van der Waals surface area contributed by atoms with Gasteiger partial charge in [-0.1, -0.05) is 12.8 Å². The van der Waals surface area contributed by atoms with Crippen LogP contribution in [0.25, 0.3) is 0 Å². The second-order valence-electron chi connectivity index (χ2n) is 5.64. The van der Waals surface area contributed by atoms with Crippen LogP contribution in [-0.4, -0.2) is 17.3 Å². The molecule has 2 saturated carbocycles. The number of alkyl halides is 1. The SMILES string of the molecule is CC(C)(CCl)NC(=O)C1C2CCCCC21. The second-order valence-corrected chi connectivity index (χ2v) is 5.91. The monoisotopic (exact) mass is 229 g/mol. The molecule has 86 valence electrons. The summed E-state index contributed by atoms with van der Waals surface area (Å²) in [6, 6.07) is 0. The average molecular weight is 230 g/mol. The van der Waals surface area contributed by atoms with Gasteiger partial charge < -0.3 is 5.32 Å². The van der Waals surface area contributed by atoms with Crippen molar-refractivity contribution in [1.82, 2.24) is 5.32 Å². The van der Waals surface area contributed by atoms with Gasteiger partial charge in [0.25, 0.3) is 0 Å². The number of rotatable bonds is 3. The van der Waals surface area contributed by atoms with Crippen LogP contribution in [-0.2, 0) is 4.79 Å². The topological polar surface area (TPSA) is 29.1 Å². The van der Waals surface area contributed by atoms with Crippen molar-refractivity contribution in [2.75, 3.05) is 5.88 Å². The van der Waals surface area contributed by atoms with E-state index in [-0.39, 0.29) is 11.4 Å². The lowest BCUT2D eigenvalue weighted by Crippen LogP contribution is -2.46. The van der Waals surface area contributed by atoms with Gasteiger partial charge in [0.2, 0.25) is 5.91 Å². The molecule has 2 aliphatic rings. The van der Waals surface area contributed by atoms with Gasteiger partial charge >= 0.3 is 0 Å². The lowest BCUT2D eigenvalue weighted by atomic mass is 10.0. The molecular formula is C12H20ClNO. The Morgan fingerprint density at radius 3 is 2.33 bits per heavy atom. The van der Waals surface area contributed by atoms with Gasteiger partial charge in [0, 0.05) is 17.3 Å². The summed E-state index contributed by atoms with van der Waals surface area (Å²) in [6.45, 7) is 3.95. The third-order valence-corrected chi connectivity index (χ3v) is 4.42. The molecule has 1 amide bonds. The third-order valence-electron chi connectivity index (χ3n) is 3.75. The van der Waals surface area contributed by atoms with Crippen molar-refractivity contribution in [2.45, 2.75) is 45.1 Å². The normalized spacial score (nSPS) is 34.5. The summed E-state index contributed by atoms with van der Waals surface area (Å²) in [7, 11) is 0. The second kappa shape index (κ2) is 3.97. The maximum atomic E-state index is 12.0. The molecule has 2 atom stereocenters. The van der Waals surface area contributed by atoms with Crippen LogP contribution < -0.4 is 5.32 Å². The molecule has 2 fully saturated rings. The quantitative estimate of drug-likeness (QED) is 0.741. The van der Waals surface area contributed by atoms with Crippen molar-refractivity contribution in [1.29, 1.82) is 0 Å². The predicted molar refractivity (Wildman–Crippen MR) is 61.9 cm³/mol. The summed E-state index contributed by atoms with van der Waals surface area (Å²) in [5, 5.41) is 3.05. The van der Waals surface area contributed by atoms with Crippen molar-refractivity contribution in [3.63, 3.8) is 0 Å². The van der Waals surface area contributed by atoms with Crippen molar-refractivity contribution in [2.24, 2.45) is 17.8 Å². The fourth-order valence-corrected chi connectivity index (χ4v) is 2.90. The van der Waals surface area contributed by atoms with Crippen LogP contribution in [0.2, 0.25) is 0 Å². The van der Waals surface area contributed by atoms with Crippen LogP contribution in [0.3, 0.4) is 0 Å². The van der Waals surface area contributed by atoms with E-state index in [1.54, 1.807) is 0 Å². The third kappa shape index (κ3) is 2.30. The molecular weight excluding hydrogens is 210 g/mol. The molecule has 2 rings (SSSR count). The minimum atomic E-state index is -0.260. The molecule has 3 heteroatoms. The Bertz CT molecular complexity index is 252. The summed E-state index contributed by atoms with van der Waals surface area (Å²) in [5.74, 6) is 2.38. The smallest absolute Gasteiger partial charge is 0.224 e. The van der Waals surface area contributed by atoms with Crippen LogP contribution in [0.15, 0.2) is 0 Å². The molecule has 0 aromatic carbocycles. The molecule has 2 aliphatic carbocycles. The molecule has 1 N–H and O–H groups in total. The number of hydrogen-bond acceptors (Lipinski definition) is 1. The fourth-order valence-electron chi connectivity index (χ4n) is 2.83.